The van der Waals surface area contributed by atoms with Crippen molar-refractivity contribution in [2.75, 3.05) is 50.0 Å². The van der Waals surface area contributed by atoms with E-state index in [2.05, 4.69) is 47.4 Å². The molecule has 148 valence electrons. The smallest absolute Gasteiger partial charge is 0.253 e. The first-order chi connectivity index (χ1) is 13.8. The maximum absolute atomic E-state index is 12.8. The average molecular weight is 431 g/mol. The molecular formula is C22H26N2OS3. The summed E-state index contributed by atoms with van der Waals surface area (Å²) in [5.74, 6) is 3.72. The van der Waals surface area contributed by atoms with Crippen LogP contribution in [0.3, 0.4) is 0 Å². The Morgan fingerprint density at radius 3 is 2.29 bits per heavy atom. The summed E-state index contributed by atoms with van der Waals surface area (Å²) in [6, 6.07) is 18.9. The molecule has 0 atom stereocenters. The minimum absolute atomic E-state index is 0.177. The summed E-state index contributed by atoms with van der Waals surface area (Å²) in [6.45, 7) is 4.66. The zero-order chi connectivity index (χ0) is 19.2. The van der Waals surface area contributed by atoms with Gasteiger partial charge in [0.15, 0.2) is 0 Å². The molecule has 0 unspecified atom stereocenters. The van der Waals surface area contributed by atoms with Crippen LogP contribution >= 0.6 is 35.3 Å². The lowest BCUT2D eigenvalue weighted by Crippen LogP contribution is -2.49. The van der Waals surface area contributed by atoms with E-state index in [4.69, 9.17) is 0 Å². The van der Waals surface area contributed by atoms with Gasteiger partial charge in [-0.25, -0.2) is 0 Å². The van der Waals surface area contributed by atoms with E-state index in [9.17, 15) is 4.79 Å². The zero-order valence-corrected chi connectivity index (χ0v) is 18.4. The number of rotatable bonds is 6. The highest BCUT2D eigenvalue weighted by Gasteiger charge is 2.23. The Morgan fingerprint density at radius 1 is 0.929 bits per heavy atom. The highest BCUT2D eigenvalue weighted by molar-refractivity contribution is 8.19. The molecular weight excluding hydrogens is 404 g/mol. The fourth-order valence-corrected chi connectivity index (χ4v) is 7.29. The van der Waals surface area contributed by atoms with Crippen LogP contribution in [0.1, 0.15) is 20.5 Å². The molecule has 2 aromatic carbocycles. The van der Waals surface area contributed by atoms with Gasteiger partial charge >= 0.3 is 0 Å². The first kappa shape index (κ1) is 20.2. The van der Waals surface area contributed by atoms with Crippen molar-refractivity contribution in [3.05, 3.63) is 65.7 Å². The quantitative estimate of drug-likeness (QED) is 0.618. The zero-order valence-electron chi connectivity index (χ0n) is 16.0. The van der Waals surface area contributed by atoms with Gasteiger partial charge in [-0.2, -0.15) is 0 Å². The van der Waals surface area contributed by atoms with Crippen LogP contribution < -0.4 is 0 Å². The van der Waals surface area contributed by atoms with Crippen molar-refractivity contribution >= 4 is 41.2 Å². The molecule has 6 heteroatoms. The molecule has 28 heavy (non-hydrogen) atoms. The number of piperazine rings is 1. The predicted octanol–water partition coefficient (Wildman–Crippen LogP) is 4.72. The molecule has 4 rings (SSSR count). The number of hydrogen-bond acceptors (Lipinski definition) is 5. The highest BCUT2D eigenvalue weighted by atomic mass is 32.2. The normalized spacial score (nSPS) is 18.5. The molecule has 2 saturated heterocycles. The van der Waals surface area contributed by atoms with Crippen LogP contribution in [0.2, 0.25) is 0 Å². The van der Waals surface area contributed by atoms with Crippen molar-refractivity contribution in [2.45, 2.75) is 9.48 Å². The lowest BCUT2D eigenvalue weighted by molar-refractivity contribution is 0.0644. The maximum atomic E-state index is 12.8. The van der Waals surface area contributed by atoms with Gasteiger partial charge in [-0.05, 0) is 29.8 Å². The molecule has 2 heterocycles. The summed E-state index contributed by atoms with van der Waals surface area (Å²) in [7, 11) is 0. The Hall–Kier alpha value is -1.08. The van der Waals surface area contributed by atoms with Crippen LogP contribution in [0, 0.1) is 0 Å². The molecule has 0 aromatic heterocycles. The van der Waals surface area contributed by atoms with Gasteiger partial charge in [-0.3, -0.25) is 9.69 Å². The topological polar surface area (TPSA) is 23.6 Å². The van der Waals surface area contributed by atoms with Gasteiger partial charge in [-0.15, -0.1) is 35.3 Å². The number of carbonyl (C=O) groups is 1. The summed E-state index contributed by atoms with van der Waals surface area (Å²) in [5, 5.41) is 0. The molecule has 2 aliphatic rings. The molecule has 2 aromatic rings. The molecule has 0 radical (unpaired) electrons. The van der Waals surface area contributed by atoms with Gasteiger partial charge in [0.2, 0.25) is 0 Å². The summed E-state index contributed by atoms with van der Waals surface area (Å²) in [5.41, 5.74) is 2.16. The largest absolute Gasteiger partial charge is 0.336 e. The molecule has 2 aliphatic heterocycles. The van der Waals surface area contributed by atoms with Crippen molar-refractivity contribution in [1.82, 2.24) is 9.80 Å². The molecule has 0 aliphatic carbocycles. The number of nitrogens with zero attached hydrogens (tertiary/aromatic N) is 2. The van der Waals surface area contributed by atoms with E-state index in [1.807, 2.05) is 52.3 Å². The first-order valence-electron chi connectivity index (χ1n) is 9.82. The van der Waals surface area contributed by atoms with Crippen LogP contribution in [0.15, 0.2) is 59.5 Å². The van der Waals surface area contributed by atoms with E-state index in [0.29, 0.717) is 4.58 Å². The second-order valence-corrected chi connectivity index (χ2v) is 10.9. The van der Waals surface area contributed by atoms with E-state index >= 15 is 0 Å². The second kappa shape index (κ2) is 10.1. The summed E-state index contributed by atoms with van der Waals surface area (Å²) < 4.78 is 0.543. The van der Waals surface area contributed by atoms with Gasteiger partial charge < -0.3 is 4.90 Å². The number of carbonyl (C=O) groups excluding carboxylic acids is 1. The summed E-state index contributed by atoms with van der Waals surface area (Å²) in [4.78, 5) is 18.6. The van der Waals surface area contributed by atoms with Crippen LogP contribution in [0.4, 0.5) is 0 Å². The summed E-state index contributed by atoms with van der Waals surface area (Å²) in [6.07, 6.45) is 0. The number of benzene rings is 2. The lowest BCUT2D eigenvalue weighted by Gasteiger charge is -2.34. The van der Waals surface area contributed by atoms with Crippen molar-refractivity contribution in [3.63, 3.8) is 0 Å². The molecule has 0 spiro atoms. The number of thioether (sulfide) groups is 3. The minimum Gasteiger partial charge on any atom is -0.336 e. The van der Waals surface area contributed by atoms with Crippen LogP contribution in [-0.2, 0) is 0 Å². The fraction of sp³-hybridized carbons (Fsp3) is 0.409. The fourth-order valence-electron chi connectivity index (χ4n) is 3.50. The van der Waals surface area contributed by atoms with Gasteiger partial charge in [0.1, 0.15) is 0 Å². The standard InChI is InChI=1S/C22H26N2OS3/c25-21(18-6-8-19(9-7-18)22-27-16-17-28-22)24-12-10-23(11-13-24)14-15-26-20-4-2-1-3-5-20/h1-9,22H,10-17H2. The van der Waals surface area contributed by atoms with E-state index in [1.54, 1.807) is 0 Å². The molecule has 0 bridgehead atoms. The van der Waals surface area contributed by atoms with Crippen LogP contribution in [0.5, 0.6) is 0 Å². The number of hydrogen-bond donors (Lipinski definition) is 0. The highest BCUT2D eigenvalue weighted by Crippen LogP contribution is 2.45. The van der Waals surface area contributed by atoms with Gasteiger partial charge in [0, 0.05) is 60.4 Å². The third-order valence-electron chi connectivity index (χ3n) is 5.13. The Labute approximate surface area is 180 Å². The predicted molar refractivity (Wildman–Crippen MR) is 124 cm³/mol. The van der Waals surface area contributed by atoms with Gasteiger partial charge in [0.25, 0.3) is 5.91 Å². The molecule has 2 fully saturated rings. The molecule has 1 amide bonds. The van der Waals surface area contributed by atoms with E-state index in [0.717, 1.165) is 44.0 Å². The Balaban J connectivity index is 1.22. The SMILES string of the molecule is O=C(c1ccc(C2SCCS2)cc1)N1CCN(CCSc2ccccc2)CC1. The Morgan fingerprint density at radius 2 is 1.61 bits per heavy atom. The third kappa shape index (κ3) is 5.29. The van der Waals surface area contributed by atoms with Crippen molar-refractivity contribution in [3.8, 4) is 0 Å². The van der Waals surface area contributed by atoms with Gasteiger partial charge in [-0.1, -0.05) is 30.3 Å². The Kier molecular flexibility index (Phi) is 7.29. The van der Waals surface area contributed by atoms with Crippen molar-refractivity contribution in [1.29, 1.82) is 0 Å². The summed E-state index contributed by atoms with van der Waals surface area (Å²) >= 11 is 5.91. The van der Waals surface area contributed by atoms with Crippen molar-refractivity contribution in [2.24, 2.45) is 0 Å². The van der Waals surface area contributed by atoms with Crippen molar-refractivity contribution < 1.29 is 4.79 Å². The molecule has 3 nitrogen and oxygen atoms in total. The lowest BCUT2D eigenvalue weighted by atomic mass is 10.1. The van der Waals surface area contributed by atoms with Crippen LogP contribution in [0.25, 0.3) is 0 Å². The maximum Gasteiger partial charge on any atom is 0.253 e. The van der Waals surface area contributed by atoms with Crippen LogP contribution in [-0.4, -0.2) is 65.7 Å². The monoisotopic (exact) mass is 430 g/mol. The molecule has 0 N–H and O–H groups in total. The van der Waals surface area contributed by atoms with Gasteiger partial charge in [0.05, 0.1) is 4.58 Å². The minimum atomic E-state index is 0.177. The molecule has 0 saturated carbocycles. The van der Waals surface area contributed by atoms with E-state index in [-0.39, 0.29) is 5.91 Å². The second-order valence-electron chi connectivity index (χ2n) is 6.99. The number of amides is 1. The van der Waals surface area contributed by atoms with E-state index < -0.39 is 0 Å². The Bertz CT molecular complexity index is 755. The van der Waals surface area contributed by atoms with E-state index in [1.165, 1.54) is 22.0 Å². The first-order valence-corrected chi connectivity index (χ1v) is 12.9. The third-order valence-corrected chi connectivity index (χ3v) is 9.23. The average Bonchev–Trinajstić information content (AvgIpc) is 3.30.